The van der Waals surface area contributed by atoms with Crippen LogP contribution in [0.5, 0.6) is 0 Å². The van der Waals surface area contributed by atoms with Gasteiger partial charge in [0, 0.05) is 34.1 Å². The number of hydrogen-bond donors (Lipinski definition) is 0. The van der Waals surface area contributed by atoms with E-state index in [0.29, 0.717) is 0 Å². The minimum atomic E-state index is 0.0330. The number of aryl methyl sites for hydroxylation is 3. The van der Waals surface area contributed by atoms with Gasteiger partial charge in [0.2, 0.25) is 0 Å². The fourth-order valence-corrected chi connectivity index (χ4v) is 12.5. The van der Waals surface area contributed by atoms with E-state index in [1.807, 2.05) is 0 Å². The summed E-state index contributed by atoms with van der Waals surface area (Å²) in [6.45, 7) is 26.7. The van der Waals surface area contributed by atoms with Crippen molar-refractivity contribution < 1.29 is 0 Å². The van der Waals surface area contributed by atoms with Crippen LogP contribution in [0, 0.1) is 20.8 Å². The maximum Gasteiger partial charge on any atom is 0.252 e. The quantitative estimate of drug-likeness (QED) is 0.163. The van der Waals surface area contributed by atoms with Crippen molar-refractivity contribution in [2.45, 2.75) is 117 Å². The van der Waals surface area contributed by atoms with E-state index in [4.69, 9.17) is 0 Å². The molecule has 0 saturated heterocycles. The number of benzene rings is 7. The van der Waals surface area contributed by atoms with Gasteiger partial charge in [-0.2, -0.15) is 0 Å². The van der Waals surface area contributed by atoms with Gasteiger partial charge in [0.1, 0.15) is 0 Å². The van der Waals surface area contributed by atoms with Gasteiger partial charge >= 0.3 is 0 Å². The molecule has 2 nitrogen and oxygen atoms in total. The van der Waals surface area contributed by atoms with Crippen molar-refractivity contribution in [2.24, 2.45) is 0 Å². The number of anilines is 6. The molecule has 0 aromatic heterocycles. The van der Waals surface area contributed by atoms with Crippen molar-refractivity contribution in [2.75, 3.05) is 9.80 Å². The highest BCUT2D eigenvalue weighted by Crippen LogP contribution is 2.55. The zero-order valence-electron chi connectivity index (χ0n) is 39.3. The minimum absolute atomic E-state index is 0.0330. The lowest BCUT2D eigenvalue weighted by molar-refractivity contribution is 0.332. The Bertz CT molecular complexity index is 3020. The smallest absolute Gasteiger partial charge is 0.252 e. The Labute approximate surface area is 377 Å². The Morgan fingerprint density at radius 3 is 1.48 bits per heavy atom. The van der Waals surface area contributed by atoms with Crippen molar-refractivity contribution in [3.63, 3.8) is 0 Å². The molecular formula is C60H61BN2. The van der Waals surface area contributed by atoms with E-state index in [1.165, 1.54) is 125 Å². The molecule has 63 heavy (non-hydrogen) atoms. The van der Waals surface area contributed by atoms with Crippen LogP contribution in [0.3, 0.4) is 0 Å². The Kier molecular flexibility index (Phi) is 8.64. The average molecular weight is 821 g/mol. The fraction of sp³-hybridized carbons (Fsp3) is 0.300. The van der Waals surface area contributed by atoms with E-state index >= 15 is 0 Å². The molecule has 7 aromatic carbocycles. The van der Waals surface area contributed by atoms with Gasteiger partial charge in [-0.25, -0.2) is 0 Å². The maximum absolute atomic E-state index is 2.71. The van der Waals surface area contributed by atoms with Gasteiger partial charge in [-0.3, -0.25) is 0 Å². The van der Waals surface area contributed by atoms with Gasteiger partial charge in [0.25, 0.3) is 6.71 Å². The first kappa shape index (κ1) is 40.0. The second-order valence-electron chi connectivity index (χ2n) is 22.2. The molecule has 2 aliphatic carbocycles. The number of fused-ring (bicyclic) bond motifs is 6. The van der Waals surface area contributed by atoms with Gasteiger partial charge < -0.3 is 9.80 Å². The first-order valence-electron chi connectivity index (χ1n) is 23.4. The van der Waals surface area contributed by atoms with Gasteiger partial charge in [-0.15, -0.1) is 0 Å². The van der Waals surface area contributed by atoms with Crippen LogP contribution in [0.4, 0.5) is 34.1 Å². The summed E-state index contributed by atoms with van der Waals surface area (Å²) < 4.78 is 0. The Morgan fingerprint density at radius 1 is 0.381 bits per heavy atom. The number of hydrogen-bond acceptors (Lipinski definition) is 2. The maximum atomic E-state index is 2.71. The Hall–Kier alpha value is -5.80. The first-order valence-corrected chi connectivity index (χ1v) is 23.4. The predicted octanol–water partition coefficient (Wildman–Crippen LogP) is 14.3. The van der Waals surface area contributed by atoms with Crippen LogP contribution in [-0.4, -0.2) is 6.71 Å². The molecular weight excluding hydrogens is 759 g/mol. The zero-order valence-corrected chi connectivity index (χ0v) is 39.3. The van der Waals surface area contributed by atoms with Crippen LogP contribution in [0.1, 0.15) is 114 Å². The highest BCUT2D eigenvalue weighted by Gasteiger charge is 2.48. The first-order chi connectivity index (χ1) is 29.9. The van der Waals surface area contributed by atoms with Gasteiger partial charge in [-0.05, 0) is 176 Å². The molecule has 2 aliphatic heterocycles. The van der Waals surface area contributed by atoms with Gasteiger partial charge in [0.15, 0.2) is 0 Å². The van der Waals surface area contributed by atoms with Crippen LogP contribution in [0.2, 0.25) is 0 Å². The van der Waals surface area contributed by atoms with Crippen LogP contribution in [0.15, 0.2) is 133 Å². The van der Waals surface area contributed by atoms with Crippen LogP contribution < -0.4 is 26.2 Å². The molecule has 0 radical (unpaired) electrons. The molecule has 0 unspecified atom stereocenters. The molecule has 0 saturated carbocycles. The van der Waals surface area contributed by atoms with Gasteiger partial charge in [-0.1, -0.05) is 152 Å². The average Bonchev–Trinajstić information content (AvgIpc) is 3.43. The lowest BCUT2D eigenvalue weighted by Gasteiger charge is -2.48. The predicted molar refractivity (Wildman–Crippen MR) is 272 cm³/mol. The summed E-state index contributed by atoms with van der Waals surface area (Å²) in [5, 5.41) is 0. The number of rotatable bonds is 4. The van der Waals surface area contributed by atoms with Crippen molar-refractivity contribution in [3.8, 4) is 22.3 Å². The third kappa shape index (κ3) is 6.05. The van der Waals surface area contributed by atoms with Crippen molar-refractivity contribution in [1.82, 2.24) is 0 Å². The topological polar surface area (TPSA) is 6.48 Å². The summed E-state index contributed by atoms with van der Waals surface area (Å²) in [7, 11) is 0. The second-order valence-corrected chi connectivity index (χ2v) is 22.2. The van der Waals surface area contributed by atoms with E-state index in [1.54, 1.807) is 0 Å². The van der Waals surface area contributed by atoms with E-state index in [9.17, 15) is 0 Å². The third-order valence-corrected chi connectivity index (χ3v) is 15.8. The lowest BCUT2D eigenvalue weighted by atomic mass is 9.33. The fourth-order valence-electron chi connectivity index (χ4n) is 12.5. The summed E-state index contributed by atoms with van der Waals surface area (Å²) in [6, 6.07) is 51.6. The largest absolute Gasteiger partial charge is 0.311 e. The zero-order chi connectivity index (χ0) is 44.0. The Balaban J connectivity index is 1.26. The molecule has 0 N–H and O–H groups in total. The third-order valence-electron chi connectivity index (χ3n) is 15.8. The summed E-state index contributed by atoms with van der Waals surface area (Å²) in [5.41, 5.74) is 27.0. The van der Waals surface area contributed by atoms with Crippen molar-refractivity contribution in [1.29, 1.82) is 0 Å². The molecule has 314 valence electrons. The second kappa shape index (κ2) is 13.6. The standard InChI is InChI=1S/C60H61BN2/c1-37-28-54-56-55(29-37)63(52-34-47-44(30-39(52)3)59(8,9)36-60(47,10)11)53-35-46-45(57(4,5)26-27-58(46,6)7)33-49(53)61(56)48-31-42(40-18-14-12-15-19-40)24-25-50(48)62(54)51-32-43(23-22-38(51)2)41-20-16-13-17-21-41/h12-25,28-35H,26-27,36H2,1-11H3. The molecule has 11 rings (SSSR count). The van der Waals surface area contributed by atoms with Crippen molar-refractivity contribution >= 4 is 57.2 Å². The molecule has 3 heteroatoms. The van der Waals surface area contributed by atoms with E-state index < -0.39 is 0 Å². The molecule has 0 spiro atoms. The normalized spacial score (nSPS) is 18.0. The summed E-state index contributed by atoms with van der Waals surface area (Å²) in [6.07, 6.45) is 3.50. The molecule has 2 heterocycles. The summed E-state index contributed by atoms with van der Waals surface area (Å²) in [4.78, 5) is 5.33. The lowest BCUT2D eigenvalue weighted by Crippen LogP contribution is -2.62. The molecule has 0 atom stereocenters. The van der Waals surface area contributed by atoms with E-state index in [0.717, 1.165) is 6.42 Å². The summed E-state index contributed by atoms with van der Waals surface area (Å²) in [5.74, 6) is 0. The van der Waals surface area contributed by atoms with Gasteiger partial charge in [0.05, 0.1) is 0 Å². The highest BCUT2D eigenvalue weighted by molar-refractivity contribution is 7.00. The van der Waals surface area contributed by atoms with Crippen LogP contribution in [0.25, 0.3) is 22.3 Å². The minimum Gasteiger partial charge on any atom is -0.311 e. The Morgan fingerprint density at radius 2 is 0.857 bits per heavy atom. The molecule has 0 bridgehead atoms. The highest BCUT2D eigenvalue weighted by atomic mass is 15.2. The van der Waals surface area contributed by atoms with Crippen molar-refractivity contribution in [3.05, 3.63) is 172 Å². The monoisotopic (exact) mass is 820 g/mol. The van der Waals surface area contributed by atoms with Crippen LogP contribution in [-0.2, 0) is 21.7 Å². The summed E-state index contributed by atoms with van der Waals surface area (Å²) >= 11 is 0. The number of nitrogens with zero attached hydrogens (tertiary/aromatic N) is 2. The molecule has 4 aliphatic rings. The van der Waals surface area contributed by atoms with E-state index in [2.05, 4.69) is 219 Å². The molecule has 0 amide bonds. The molecule has 7 aromatic rings. The molecule has 0 fully saturated rings. The van der Waals surface area contributed by atoms with Crippen LogP contribution >= 0.6 is 0 Å². The van der Waals surface area contributed by atoms with E-state index in [-0.39, 0.29) is 28.4 Å². The SMILES string of the molecule is Cc1cc2c3c(c1)N(c1cc4c(cc1C)C(C)(C)CC4(C)C)c1cc4c(cc1B3c1cc(-c3ccccc3)ccc1N2c1cc(-c2ccccc2)ccc1C)C(C)(C)CCC4(C)C.